The summed E-state index contributed by atoms with van der Waals surface area (Å²) in [6.45, 7) is 3.84. The van der Waals surface area contributed by atoms with Gasteiger partial charge in [-0.1, -0.05) is 13.3 Å². The topological polar surface area (TPSA) is 88.9 Å². The normalized spacial score (nSPS) is 18.5. The maximum absolute atomic E-state index is 13.2. The number of carbonyl (C=O) groups excluding carboxylic acids is 1. The number of nitrogens with zero attached hydrogens (tertiary/aromatic N) is 3. The molecule has 0 fully saturated rings. The van der Waals surface area contributed by atoms with E-state index in [9.17, 15) is 9.59 Å². The van der Waals surface area contributed by atoms with Gasteiger partial charge in [-0.2, -0.15) is 4.37 Å². The third kappa shape index (κ3) is 2.91. The number of fused-ring (bicyclic) bond motifs is 1. The Hall–Kier alpha value is -2.66. The average Bonchev–Trinajstić information content (AvgIpc) is 3.17. The zero-order valence-corrected chi connectivity index (χ0v) is 14.9. The van der Waals surface area contributed by atoms with E-state index in [1.165, 1.54) is 6.33 Å². The molecule has 3 heterocycles. The second-order valence-corrected chi connectivity index (χ2v) is 6.82. The predicted molar refractivity (Wildman–Crippen MR) is 97.0 cm³/mol. The van der Waals surface area contributed by atoms with Gasteiger partial charge in [-0.25, -0.2) is 4.98 Å². The van der Waals surface area contributed by atoms with Gasteiger partial charge in [-0.15, -0.1) is 12.3 Å². The zero-order chi connectivity index (χ0) is 18.0. The van der Waals surface area contributed by atoms with Crippen LogP contribution in [0.3, 0.4) is 0 Å². The number of aryl methyl sites for hydroxylation is 1. The van der Waals surface area contributed by atoms with Gasteiger partial charge in [-0.05, 0) is 25.0 Å². The number of terminal acetylenes is 1. The van der Waals surface area contributed by atoms with Gasteiger partial charge in [0, 0.05) is 24.4 Å². The summed E-state index contributed by atoms with van der Waals surface area (Å²) in [6.07, 6.45) is 9.28. The van der Waals surface area contributed by atoms with Crippen molar-refractivity contribution in [2.45, 2.75) is 45.2 Å². The van der Waals surface area contributed by atoms with E-state index in [1.54, 1.807) is 10.6 Å². The second-order valence-electron chi connectivity index (χ2n) is 6.04. The minimum atomic E-state index is -0.784. The standard InChI is InChI=1S/C17H19N5O2S/c1-4-6-8-17(7-5-2)21-14(23)13-11(3)9-12(15(24)22(13)17)20-16-18-10-19-25-16/h1,9-10H,5-8H2,2-3H3,(H,21,23)(H,18,19,20). The third-order valence-electron chi connectivity index (χ3n) is 4.33. The molecule has 2 N–H and O–H groups in total. The van der Waals surface area contributed by atoms with E-state index in [0.29, 0.717) is 35.8 Å². The molecule has 7 nitrogen and oxygen atoms in total. The molecule has 1 aliphatic heterocycles. The van der Waals surface area contributed by atoms with E-state index >= 15 is 0 Å². The first-order valence-corrected chi connectivity index (χ1v) is 8.86. The van der Waals surface area contributed by atoms with Crippen LogP contribution in [-0.2, 0) is 5.66 Å². The Morgan fingerprint density at radius 3 is 2.88 bits per heavy atom. The average molecular weight is 357 g/mol. The lowest BCUT2D eigenvalue weighted by molar-refractivity contribution is 0.0902. The molecule has 3 rings (SSSR count). The number of hydrogen-bond acceptors (Lipinski definition) is 6. The summed E-state index contributed by atoms with van der Waals surface area (Å²) in [5.41, 5.74) is 0.449. The van der Waals surface area contributed by atoms with E-state index < -0.39 is 5.66 Å². The van der Waals surface area contributed by atoms with Crippen molar-refractivity contribution in [2.75, 3.05) is 5.32 Å². The molecule has 2 aromatic heterocycles. The van der Waals surface area contributed by atoms with Crippen molar-refractivity contribution < 1.29 is 4.79 Å². The van der Waals surface area contributed by atoms with Gasteiger partial charge in [0.2, 0.25) is 5.13 Å². The fourth-order valence-electron chi connectivity index (χ4n) is 3.36. The lowest BCUT2D eigenvalue weighted by atomic mass is 9.98. The minimum Gasteiger partial charge on any atom is -0.327 e. The summed E-state index contributed by atoms with van der Waals surface area (Å²) in [5.74, 6) is 2.38. The largest absolute Gasteiger partial charge is 0.327 e. The van der Waals surface area contributed by atoms with Gasteiger partial charge < -0.3 is 10.6 Å². The Morgan fingerprint density at radius 1 is 1.44 bits per heavy atom. The highest BCUT2D eigenvalue weighted by Crippen LogP contribution is 2.33. The molecule has 1 amide bonds. The Bertz CT molecular complexity index is 897. The highest BCUT2D eigenvalue weighted by Gasteiger charge is 2.43. The first kappa shape index (κ1) is 17.2. The van der Waals surface area contributed by atoms with E-state index in [4.69, 9.17) is 6.42 Å². The highest BCUT2D eigenvalue weighted by atomic mass is 32.1. The molecule has 0 saturated heterocycles. The summed E-state index contributed by atoms with van der Waals surface area (Å²) < 4.78 is 5.50. The molecule has 25 heavy (non-hydrogen) atoms. The maximum atomic E-state index is 13.2. The van der Waals surface area contributed by atoms with Crippen LogP contribution in [0.2, 0.25) is 0 Å². The van der Waals surface area contributed by atoms with E-state index in [0.717, 1.165) is 23.5 Å². The number of aromatic nitrogens is 3. The van der Waals surface area contributed by atoms with Gasteiger partial charge in [0.1, 0.15) is 23.4 Å². The molecule has 2 aromatic rings. The molecule has 0 bridgehead atoms. The fourth-order valence-corrected chi connectivity index (χ4v) is 3.80. The number of anilines is 2. The SMILES string of the molecule is C#CCCC1(CCC)NC(=O)c2c(C)cc(Nc3ncns3)c(=O)n21. The van der Waals surface area contributed by atoms with Crippen molar-refractivity contribution in [1.82, 2.24) is 19.2 Å². The van der Waals surface area contributed by atoms with E-state index in [2.05, 4.69) is 25.9 Å². The van der Waals surface area contributed by atoms with Crippen molar-refractivity contribution in [3.8, 4) is 12.3 Å². The van der Waals surface area contributed by atoms with Crippen molar-refractivity contribution in [3.05, 3.63) is 34.0 Å². The lowest BCUT2D eigenvalue weighted by Gasteiger charge is -2.31. The summed E-state index contributed by atoms with van der Waals surface area (Å²) in [4.78, 5) is 29.8. The van der Waals surface area contributed by atoms with Crippen LogP contribution in [0.5, 0.6) is 0 Å². The lowest BCUT2D eigenvalue weighted by Crippen LogP contribution is -2.47. The molecule has 1 unspecified atom stereocenters. The van der Waals surface area contributed by atoms with E-state index in [1.807, 2.05) is 13.8 Å². The predicted octanol–water partition coefficient (Wildman–Crippen LogP) is 2.36. The van der Waals surface area contributed by atoms with Crippen LogP contribution in [-0.4, -0.2) is 19.8 Å². The number of pyridine rings is 1. The third-order valence-corrected chi connectivity index (χ3v) is 4.91. The van der Waals surface area contributed by atoms with Crippen molar-refractivity contribution in [1.29, 1.82) is 0 Å². The van der Waals surface area contributed by atoms with Crippen LogP contribution in [0.1, 0.15) is 48.7 Å². The van der Waals surface area contributed by atoms with Gasteiger partial charge >= 0.3 is 0 Å². The van der Waals surface area contributed by atoms with Crippen LogP contribution >= 0.6 is 11.5 Å². The number of nitrogens with one attached hydrogen (secondary N) is 2. The minimum absolute atomic E-state index is 0.234. The first-order chi connectivity index (χ1) is 12.0. The fraction of sp³-hybridized carbons (Fsp3) is 0.412. The van der Waals surface area contributed by atoms with Crippen LogP contribution in [0.25, 0.3) is 0 Å². The molecule has 8 heteroatoms. The summed E-state index contributed by atoms with van der Waals surface area (Å²) in [5, 5.41) is 6.54. The monoisotopic (exact) mass is 357 g/mol. The second kappa shape index (κ2) is 6.69. The molecule has 0 aliphatic carbocycles. The van der Waals surface area contributed by atoms with Crippen LogP contribution in [0, 0.1) is 19.3 Å². The van der Waals surface area contributed by atoms with Crippen LogP contribution in [0.15, 0.2) is 17.2 Å². The molecule has 0 saturated carbocycles. The number of carbonyl (C=O) groups is 1. The summed E-state index contributed by atoms with van der Waals surface area (Å²) in [7, 11) is 0. The van der Waals surface area contributed by atoms with Gasteiger partial charge in [0.05, 0.1) is 0 Å². The van der Waals surface area contributed by atoms with Gasteiger partial charge in [0.25, 0.3) is 11.5 Å². The van der Waals surface area contributed by atoms with Crippen LogP contribution < -0.4 is 16.2 Å². The Balaban J connectivity index is 2.16. The highest BCUT2D eigenvalue weighted by molar-refractivity contribution is 7.09. The molecule has 1 aliphatic rings. The smallest absolute Gasteiger partial charge is 0.276 e. The number of hydrogen-bond donors (Lipinski definition) is 2. The van der Waals surface area contributed by atoms with Crippen LogP contribution in [0.4, 0.5) is 10.8 Å². The van der Waals surface area contributed by atoms with Gasteiger partial charge in [0.15, 0.2) is 0 Å². The molecule has 130 valence electrons. The molecular formula is C17H19N5O2S. The molecular weight excluding hydrogens is 338 g/mol. The quantitative estimate of drug-likeness (QED) is 0.775. The Labute approximate surface area is 149 Å². The molecule has 0 aromatic carbocycles. The molecule has 1 atom stereocenters. The van der Waals surface area contributed by atoms with E-state index in [-0.39, 0.29) is 11.5 Å². The Kier molecular flexibility index (Phi) is 4.59. The summed E-state index contributed by atoms with van der Waals surface area (Å²) >= 11 is 1.16. The molecule has 0 spiro atoms. The Morgan fingerprint density at radius 2 is 2.24 bits per heavy atom. The first-order valence-electron chi connectivity index (χ1n) is 8.09. The van der Waals surface area contributed by atoms with Gasteiger partial charge in [-0.3, -0.25) is 14.2 Å². The van der Waals surface area contributed by atoms with Crippen molar-refractivity contribution >= 4 is 28.3 Å². The number of rotatable bonds is 6. The zero-order valence-electron chi connectivity index (χ0n) is 14.1. The van der Waals surface area contributed by atoms with Crippen molar-refractivity contribution in [2.24, 2.45) is 0 Å². The maximum Gasteiger partial charge on any atom is 0.276 e. The molecule has 0 radical (unpaired) electrons. The number of amides is 1. The van der Waals surface area contributed by atoms with Crippen molar-refractivity contribution in [3.63, 3.8) is 0 Å². The summed E-state index contributed by atoms with van der Waals surface area (Å²) in [6, 6.07) is 1.68.